The minimum Gasteiger partial charge on any atom is -0.298 e. The lowest BCUT2D eigenvalue weighted by Gasteiger charge is -2.08. The molecule has 0 saturated carbocycles. The molecule has 1 aromatic carbocycles. The first-order chi connectivity index (χ1) is 12.8. The zero-order chi connectivity index (χ0) is 17.9. The summed E-state index contributed by atoms with van der Waals surface area (Å²) in [5.41, 5.74) is 1.58. The van der Waals surface area contributed by atoms with Gasteiger partial charge in [0.2, 0.25) is 0 Å². The van der Waals surface area contributed by atoms with Crippen LogP contribution in [-0.2, 0) is 6.54 Å². The van der Waals surface area contributed by atoms with Crippen molar-refractivity contribution in [2.24, 2.45) is 0 Å². The van der Waals surface area contributed by atoms with E-state index in [1.165, 1.54) is 30.2 Å². The fourth-order valence-electron chi connectivity index (χ4n) is 2.55. The molecule has 0 N–H and O–H groups in total. The van der Waals surface area contributed by atoms with E-state index in [2.05, 4.69) is 31.7 Å². The first-order valence-electron chi connectivity index (χ1n) is 7.79. The molecule has 128 valence electrons. The van der Waals surface area contributed by atoms with Crippen LogP contribution in [0.15, 0.2) is 71.9 Å². The quantitative estimate of drug-likeness (QED) is 0.397. The Morgan fingerprint density at radius 3 is 2.77 bits per heavy atom. The molecule has 8 heteroatoms. The van der Waals surface area contributed by atoms with Crippen LogP contribution in [0.5, 0.6) is 0 Å². The van der Waals surface area contributed by atoms with E-state index in [0.717, 1.165) is 5.56 Å². The molecule has 6 nitrogen and oxygen atoms in total. The summed E-state index contributed by atoms with van der Waals surface area (Å²) in [6.07, 6.45) is 6.64. The maximum absolute atomic E-state index is 13.7. The lowest BCUT2D eigenvalue weighted by atomic mass is 10.2. The number of benzene rings is 1. The van der Waals surface area contributed by atoms with E-state index in [1.54, 1.807) is 24.5 Å². The second-order valence-electron chi connectivity index (χ2n) is 5.38. The highest BCUT2D eigenvalue weighted by atomic mass is 32.2. The van der Waals surface area contributed by atoms with Gasteiger partial charge in [-0.05, 0) is 42.1 Å². The van der Waals surface area contributed by atoms with E-state index < -0.39 is 0 Å². The number of halogens is 1. The van der Waals surface area contributed by atoms with Crippen molar-refractivity contribution >= 4 is 22.7 Å². The Labute approximate surface area is 152 Å². The lowest BCUT2D eigenvalue weighted by molar-refractivity contribution is 0.629. The van der Waals surface area contributed by atoms with Crippen molar-refractivity contribution in [3.8, 4) is 11.4 Å². The summed E-state index contributed by atoms with van der Waals surface area (Å²) in [4.78, 5) is 12.5. The molecule has 0 unspecified atom stereocenters. The molecule has 0 spiro atoms. The standard InChI is InChI=1S/C18H13FN6S/c1-2-9-25-16(12-5-7-20-8-6-12)23-24-18(25)26-17-14-10-13(19)3-4-15(14)21-11-22-17/h2-8,10-11H,1,9H2. The van der Waals surface area contributed by atoms with Gasteiger partial charge < -0.3 is 0 Å². The molecule has 0 radical (unpaired) electrons. The van der Waals surface area contributed by atoms with E-state index in [0.29, 0.717) is 33.5 Å². The number of nitrogens with zero attached hydrogens (tertiary/aromatic N) is 6. The van der Waals surface area contributed by atoms with Crippen LogP contribution in [-0.4, -0.2) is 29.7 Å². The molecule has 4 aromatic rings. The highest BCUT2D eigenvalue weighted by Gasteiger charge is 2.16. The molecule has 0 fully saturated rings. The summed E-state index contributed by atoms with van der Waals surface area (Å²) in [5, 5.41) is 10.5. The third-order valence-corrected chi connectivity index (χ3v) is 4.72. The van der Waals surface area contributed by atoms with Gasteiger partial charge in [-0.3, -0.25) is 9.55 Å². The molecule has 0 saturated heterocycles. The SMILES string of the molecule is C=CCn1c(Sc2ncnc3ccc(F)cc23)nnc1-c1ccncc1. The lowest BCUT2D eigenvalue weighted by Crippen LogP contribution is -2.01. The van der Waals surface area contributed by atoms with Gasteiger partial charge >= 0.3 is 0 Å². The molecule has 26 heavy (non-hydrogen) atoms. The number of allylic oxidation sites excluding steroid dienone is 1. The summed E-state index contributed by atoms with van der Waals surface area (Å²) < 4.78 is 15.6. The summed E-state index contributed by atoms with van der Waals surface area (Å²) in [6.45, 7) is 4.34. The average Bonchev–Trinajstić information content (AvgIpc) is 3.06. The molecule has 4 rings (SSSR count). The minimum atomic E-state index is -0.334. The normalized spacial score (nSPS) is 11.0. The van der Waals surface area contributed by atoms with Gasteiger partial charge in [0.05, 0.1) is 5.52 Å². The van der Waals surface area contributed by atoms with Crippen molar-refractivity contribution in [2.75, 3.05) is 0 Å². The Balaban J connectivity index is 1.79. The third kappa shape index (κ3) is 3.06. The van der Waals surface area contributed by atoms with Crippen LogP contribution in [0.3, 0.4) is 0 Å². The number of fused-ring (bicyclic) bond motifs is 1. The van der Waals surface area contributed by atoms with Crippen LogP contribution in [0.1, 0.15) is 0 Å². The van der Waals surface area contributed by atoms with E-state index in [9.17, 15) is 4.39 Å². The number of pyridine rings is 1. The van der Waals surface area contributed by atoms with E-state index in [-0.39, 0.29) is 5.82 Å². The Kier molecular flexibility index (Phi) is 4.40. The topological polar surface area (TPSA) is 69.4 Å². The van der Waals surface area contributed by atoms with Crippen LogP contribution < -0.4 is 0 Å². The van der Waals surface area contributed by atoms with Crippen LogP contribution >= 0.6 is 11.8 Å². The molecule has 0 aliphatic carbocycles. The molecular formula is C18H13FN6S. The zero-order valence-corrected chi connectivity index (χ0v) is 14.4. The number of aromatic nitrogens is 6. The fourth-order valence-corrected chi connectivity index (χ4v) is 3.44. The zero-order valence-electron chi connectivity index (χ0n) is 13.6. The molecular weight excluding hydrogens is 351 g/mol. The van der Waals surface area contributed by atoms with Crippen molar-refractivity contribution in [2.45, 2.75) is 16.7 Å². The monoisotopic (exact) mass is 364 g/mol. The molecule has 0 atom stereocenters. The highest BCUT2D eigenvalue weighted by Crippen LogP contribution is 2.32. The van der Waals surface area contributed by atoms with Gasteiger partial charge in [0.25, 0.3) is 0 Å². The Morgan fingerprint density at radius 2 is 1.96 bits per heavy atom. The Bertz CT molecular complexity index is 1080. The number of hydrogen-bond donors (Lipinski definition) is 0. The van der Waals surface area contributed by atoms with Gasteiger partial charge in [-0.15, -0.1) is 16.8 Å². The molecule has 3 aromatic heterocycles. The van der Waals surface area contributed by atoms with E-state index in [4.69, 9.17) is 0 Å². The second kappa shape index (κ2) is 7.01. The van der Waals surface area contributed by atoms with Crippen molar-refractivity contribution in [3.63, 3.8) is 0 Å². The summed E-state index contributed by atoms with van der Waals surface area (Å²) in [5.74, 6) is 0.374. The smallest absolute Gasteiger partial charge is 0.198 e. The van der Waals surface area contributed by atoms with Gasteiger partial charge in [0.15, 0.2) is 11.0 Å². The fraction of sp³-hybridized carbons (Fsp3) is 0.0556. The summed E-state index contributed by atoms with van der Waals surface area (Å²) >= 11 is 1.32. The van der Waals surface area contributed by atoms with Gasteiger partial charge in [0, 0.05) is 29.9 Å². The predicted octanol–water partition coefficient (Wildman–Crippen LogP) is 3.76. The van der Waals surface area contributed by atoms with E-state index >= 15 is 0 Å². The number of hydrogen-bond acceptors (Lipinski definition) is 6. The Hall–Kier alpha value is -3.13. The summed E-state index contributed by atoms with van der Waals surface area (Å²) in [6, 6.07) is 8.18. The maximum atomic E-state index is 13.7. The number of rotatable bonds is 5. The molecule has 0 aliphatic heterocycles. The van der Waals surface area contributed by atoms with Crippen molar-refractivity contribution < 1.29 is 4.39 Å². The first kappa shape index (κ1) is 16.3. The van der Waals surface area contributed by atoms with E-state index in [1.807, 2.05) is 16.7 Å². The van der Waals surface area contributed by atoms with Gasteiger partial charge in [-0.2, -0.15) is 0 Å². The van der Waals surface area contributed by atoms with Crippen LogP contribution in [0.2, 0.25) is 0 Å². The highest BCUT2D eigenvalue weighted by molar-refractivity contribution is 7.99. The van der Waals surface area contributed by atoms with Crippen LogP contribution in [0.25, 0.3) is 22.3 Å². The minimum absolute atomic E-state index is 0.334. The Morgan fingerprint density at radius 1 is 1.12 bits per heavy atom. The van der Waals surface area contributed by atoms with Gasteiger partial charge in [-0.1, -0.05) is 6.08 Å². The van der Waals surface area contributed by atoms with Gasteiger partial charge in [0.1, 0.15) is 17.2 Å². The van der Waals surface area contributed by atoms with Crippen molar-refractivity contribution in [3.05, 3.63) is 67.5 Å². The predicted molar refractivity (Wildman–Crippen MR) is 97.1 cm³/mol. The molecule has 0 bridgehead atoms. The summed E-state index contributed by atoms with van der Waals surface area (Å²) in [7, 11) is 0. The second-order valence-corrected chi connectivity index (χ2v) is 6.34. The average molecular weight is 364 g/mol. The van der Waals surface area contributed by atoms with Crippen molar-refractivity contribution in [1.29, 1.82) is 0 Å². The van der Waals surface area contributed by atoms with Gasteiger partial charge in [-0.25, -0.2) is 14.4 Å². The largest absolute Gasteiger partial charge is 0.298 e. The molecule has 3 heterocycles. The van der Waals surface area contributed by atoms with Crippen LogP contribution in [0, 0.1) is 5.82 Å². The third-order valence-electron chi connectivity index (χ3n) is 3.72. The maximum Gasteiger partial charge on any atom is 0.198 e. The first-order valence-corrected chi connectivity index (χ1v) is 8.60. The molecule has 0 aliphatic rings. The van der Waals surface area contributed by atoms with Crippen LogP contribution in [0.4, 0.5) is 4.39 Å². The van der Waals surface area contributed by atoms with Crippen molar-refractivity contribution in [1.82, 2.24) is 29.7 Å². The molecule has 0 amide bonds.